The molecule has 1 aromatic carbocycles. The first kappa shape index (κ1) is 21.9. The highest BCUT2D eigenvalue weighted by Gasteiger charge is 2.19. The lowest BCUT2D eigenvalue weighted by Gasteiger charge is -2.35. The minimum Gasteiger partial charge on any atom is -0.493 e. The predicted octanol–water partition coefficient (Wildman–Crippen LogP) is 1.32. The predicted molar refractivity (Wildman–Crippen MR) is 124 cm³/mol. The molecular formula is C23H29N5O4. The zero-order chi connectivity index (χ0) is 22.7. The molecule has 2 aromatic heterocycles. The van der Waals surface area contributed by atoms with Crippen LogP contribution in [-0.4, -0.2) is 66.2 Å². The highest BCUT2D eigenvalue weighted by atomic mass is 16.5. The summed E-state index contributed by atoms with van der Waals surface area (Å²) in [4.78, 5) is 35.1. The van der Waals surface area contributed by atoms with Crippen LogP contribution in [0.15, 0.2) is 46.1 Å². The Balaban J connectivity index is 1.45. The Morgan fingerprint density at radius 1 is 0.906 bits per heavy atom. The number of anilines is 1. The van der Waals surface area contributed by atoms with Crippen LogP contribution in [0.4, 0.5) is 5.82 Å². The van der Waals surface area contributed by atoms with Gasteiger partial charge in [0.05, 0.1) is 25.0 Å². The van der Waals surface area contributed by atoms with Crippen LogP contribution in [0.1, 0.15) is 6.42 Å². The SMILES string of the molecule is COc1cc2c(=O)n(C)n(CCCN3CCN(c4ccccn4)CC3)c(=O)c2cc1OC. The molecule has 0 saturated carbocycles. The first-order valence-corrected chi connectivity index (χ1v) is 10.8. The maximum atomic E-state index is 13.1. The first-order valence-electron chi connectivity index (χ1n) is 10.8. The molecule has 0 radical (unpaired) electrons. The van der Waals surface area contributed by atoms with E-state index in [2.05, 4.69) is 14.8 Å². The molecule has 4 rings (SSSR count). The van der Waals surface area contributed by atoms with Crippen molar-refractivity contribution in [1.29, 1.82) is 0 Å². The van der Waals surface area contributed by atoms with E-state index in [0.29, 0.717) is 28.8 Å². The Hall–Kier alpha value is -3.33. The van der Waals surface area contributed by atoms with E-state index in [1.807, 2.05) is 24.4 Å². The summed E-state index contributed by atoms with van der Waals surface area (Å²) >= 11 is 0. The molecular weight excluding hydrogens is 410 g/mol. The Bertz CT molecular complexity index is 1200. The summed E-state index contributed by atoms with van der Waals surface area (Å²) in [6.45, 7) is 5.06. The largest absolute Gasteiger partial charge is 0.493 e. The fraction of sp³-hybridized carbons (Fsp3) is 0.435. The molecule has 9 nitrogen and oxygen atoms in total. The van der Waals surface area contributed by atoms with E-state index >= 15 is 0 Å². The van der Waals surface area contributed by atoms with Gasteiger partial charge in [-0.25, -0.2) is 9.67 Å². The lowest BCUT2D eigenvalue weighted by molar-refractivity contribution is 0.245. The summed E-state index contributed by atoms with van der Waals surface area (Å²) in [6, 6.07) is 9.13. The van der Waals surface area contributed by atoms with Crippen molar-refractivity contribution < 1.29 is 9.47 Å². The van der Waals surface area contributed by atoms with Crippen LogP contribution in [0.5, 0.6) is 11.5 Å². The molecule has 1 aliphatic heterocycles. The number of aromatic nitrogens is 3. The molecule has 0 aliphatic carbocycles. The minimum absolute atomic E-state index is 0.206. The van der Waals surface area contributed by atoms with Gasteiger partial charge in [0.1, 0.15) is 5.82 Å². The van der Waals surface area contributed by atoms with Gasteiger partial charge in [-0.15, -0.1) is 0 Å². The fourth-order valence-corrected chi connectivity index (χ4v) is 4.23. The number of methoxy groups -OCH3 is 2. The summed E-state index contributed by atoms with van der Waals surface area (Å²) in [5.41, 5.74) is -0.437. The zero-order valence-corrected chi connectivity index (χ0v) is 18.8. The highest BCUT2D eigenvalue weighted by molar-refractivity contribution is 5.84. The lowest BCUT2D eigenvalue weighted by Crippen LogP contribution is -2.47. The number of hydrogen-bond acceptors (Lipinski definition) is 7. The molecule has 32 heavy (non-hydrogen) atoms. The number of fused-ring (bicyclic) bond motifs is 1. The van der Waals surface area contributed by atoms with E-state index in [-0.39, 0.29) is 11.1 Å². The third-order valence-electron chi connectivity index (χ3n) is 6.06. The van der Waals surface area contributed by atoms with Crippen molar-refractivity contribution in [1.82, 2.24) is 19.2 Å². The van der Waals surface area contributed by atoms with E-state index in [1.165, 1.54) is 23.6 Å². The molecule has 3 heterocycles. The summed E-state index contributed by atoms with van der Waals surface area (Å²) in [6.07, 6.45) is 2.59. The van der Waals surface area contributed by atoms with Crippen LogP contribution in [0.3, 0.4) is 0 Å². The first-order chi connectivity index (χ1) is 15.5. The molecule has 0 unspecified atom stereocenters. The van der Waals surface area contributed by atoms with Gasteiger partial charge < -0.3 is 14.4 Å². The Labute approximate surface area is 186 Å². The van der Waals surface area contributed by atoms with E-state index in [4.69, 9.17) is 9.47 Å². The second-order valence-corrected chi connectivity index (χ2v) is 7.88. The Morgan fingerprint density at radius 2 is 1.56 bits per heavy atom. The van der Waals surface area contributed by atoms with Gasteiger partial charge in [0.2, 0.25) is 0 Å². The molecule has 170 valence electrons. The van der Waals surface area contributed by atoms with Crippen molar-refractivity contribution in [2.45, 2.75) is 13.0 Å². The highest BCUT2D eigenvalue weighted by Crippen LogP contribution is 2.29. The van der Waals surface area contributed by atoms with Crippen molar-refractivity contribution in [3.8, 4) is 11.5 Å². The summed E-state index contributed by atoms with van der Waals surface area (Å²) in [5.74, 6) is 1.87. The van der Waals surface area contributed by atoms with E-state index in [9.17, 15) is 9.59 Å². The number of nitrogens with zero attached hydrogens (tertiary/aromatic N) is 5. The van der Waals surface area contributed by atoms with Crippen LogP contribution in [0.25, 0.3) is 10.8 Å². The van der Waals surface area contributed by atoms with Gasteiger partial charge in [-0.1, -0.05) is 6.07 Å². The number of benzene rings is 1. The lowest BCUT2D eigenvalue weighted by atomic mass is 10.1. The molecule has 0 spiro atoms. The van der Waals surface area contributed by atoms with Gasteiger partial charge in [0.15, 0.2) is 11.5 Å². The smallest absolute Gasteiger partial charge is 0.273 e. The third-order valence-corrected chi connectivity index (χ3v) is 6.06. The Morgan fingerprint density at radius 3 is 2.16 bits per heavy atom. The van der Waals surface area contributed by atoms with Crippen molar-refractivity contribution >= 4 is 16.6 Å². The Kier molecular flexibility index (Phi) is 6.45. The fourth-order valence-electron chi connectivity index (χ4n) is 4.23. The zero-order valence-electron chi connectivity index (χ0n) is 18.8. The van der Waals surface area contributed by atoms with Crippen LogP contribution in [0.2, 0.25) is 0 Å². The molecule has 1 fully saturated rings. The molecule has 0 atom stereocenters. The summed E-state index contributed by atoms with van der Waals surface area (Å²) < 4.78 is 13.5. The van der Waals surface area contributed by atoms with Crippen molar-refractivity contribution in [2.75, 3.05) is 51.8 Å². The number of hydrogen-bond donors (Lipinski definition) is 0. The van der Waals surface area contributed by atoms with Crippen LogP contribution in [0, 0.1) is 0 Å². The van der Waals surface area contributed by atoms with Crippen molar-refractivity contribution in [2.24, 2.45) is 7.05 Å². The van der Waals surface area contributed by atoms with Crippen molar-refractivity contribution in [3.05, 3.63) is 57.2 Å². The average Bonchev–Trinajstić information content (AvgIpc) is 2.84. The number of ether oxygens (including phenoxy) is 2. The number of pyridine rings is 1. The van der Waals surface area contributed by atoms with E-state index in [1.54, 1.807) is 19.2 Å². The maximum Gasteiger partial charge on any atom is 0.273 e. The topological polar surface area (TPSA) is 81.8 Å². The van der Waals surface area contributed by atoms with Crippen LogP contribution < -0.4 is 25.5 Å². The van der Waals surface area contributed by atoms with Gasteiger partial charge in [-0.3, -0.25) is 19.2 Å². The van der Waals surface area contributed by atoms with E-state index < -0.39 is 0 Å². The van der Waals surface area contributed by atoms with Gasteiger partial charge in [-0.2, -0.15) is 0 Å². The van der Waals surface area contributed by atoms with Gasteiger partial charge in [0, 0.05) is 52.5 Å². The molecule has 3 aromatic rings. The van der Waals surface area contributed by atoms with Crippen molar-refractivity contribution in [3.63, 3.8) is 0 Å². The van der Waals surface area contributed by atoms with Gasteiger partial charge >= 0.3 is 0 Å². The maximum absolute atomic E-state index is 13.1. The number of piperazine rings is 1. The second kappa shape index (κ2) is 9.44. The summed E-state index contributed by atoms with van der Waals surface area (Å²) in [5, 5.41) is 0.673. The number of rotatable bonds is 7. The summed E-state index contributed by atoms with van der Waals surface area (Å²) in [7, 11) is 4.65. The second-order valence-electron chi connectivity index (χ2n) is 7.88. The average molecular weight is 440 g/mol. The van der Waals surface area contributed by atoms with Gasteiger partial charge in [0.25, 0.3) is 11.1 Å². The van der Waals surface area contributed by atoms with Crippen LogP contribution >= 0.6 is 0 Å². The standard InChI is InChI=1S/C23H29N5O4/c1-25-22(29)17-15-19(31-2)20(32-3)16-18(17)23(30)28(25)10-6-9-26-11-13-27(14-12-26)21-7-4-5-8-24-21/h4-5,7-8,15-16H,6,9-14H2,1-3H3. The normalized spacial score (nSPS) is 14.7. The minimum atomic E-state index is -0.232. The molecule has 0 bridgehead atoms. The molecule has 0 N–H and O–H groups in total. The quantitative estimate of drug-likeness (QED) is 0.549. The molecule has 1 saturated heterocycles. The molecule has 9 heteroatoms. The third kappa shape index (κ3) is 4.20. The molecule has 1 aliphatic rings. The molecule has 0 amide bonds. The van der Waals surface area contributed by atoms with Gasteiger partial charge in [-0.05, 0) is 30.7 Å². The van der Waals surface area contributed by atoms with E-state index in [0.717, 1.165) is 45.0 Å². The monoisotopic (exact) mass is 439 g/mol. The van der Waals surface area contributed by atoms with Crippen LogP contribution in [-0.2, 0) is 13.6 Å².